The summed E-state index contributed by atoms with van der Waals surface area (Å²) in [7, 11) is -1.49. The molecule has 106 valence electrons. The van der Waals surface area contributed by atoms with Crippen LogP contribution in [0.1, 0.15) is 37.8 Å². The van der Waals surface area contributed by atoms with E-state index in [0.29, 0.717) is 13.0 Å². The summed E-state index contributed by atoms with van der Waals surface area (Å²) in [6, 6.07) is 7.69. The normalized spacial score (nSPS) is 20.6. The molecule has 0 amide bonds. The van der Waals surface area contributed by atoms with Crippen LogP contribution in [0.15, 0.2) is 24.3 Å². The third-order valence-corrected chi connectivity index (χ3v) is 5.60. The van der Waals surface area contributed by atoms with Crippen LogP contribution >= 0.6 is 0 Å². The lowest BCUT2D eigenvalue weighted by atomic mass is 10.1. The van der Waals surface area contributed by atoms with E-state index in [1.807, 2.05) is 31.2 Å². The van der Waals surface area contributed by atoms with Crippen LogP contribution in [0.3, 0.4) is 0 Å². The second kappa shape index (κ2) is 5.92. The average Bonchev–Trinajstić information content (AvgIpc) is 2.89. The fourth-order valence-electron chi connectivity index (χ4n) is 2.61. The molecule has 0 saturated carbocycles. The van der Waals surface area contributed by atoms with Gasteiger partial charge in [0, 0.05) is 12.6 Å². The van der Waals surface area contributed by atoms with Crippen molar-refractivity contribution in [3.8, 4) is 5.75 Å². The number of ether oxygens (including phenoxy) is 1. The van der Waals surface area contributed by atoms with Gasteiger partial charge in [0.2, 0.25) is 10.0 Å². The highest BCUT2D eigenvalue weighted by atomic mass is 32.2. The number of sulfonamides is 1. The van der Waals surface area contributed by atoms with Crippen molar-refractivity contribution in [2.75, 3.05) is 19.4 Å². The number of methoxy groups -OCH3 is 1. The smallest absolute Gasteiger partial charge is 0.214 e. The van der Waals surface area contributed by atoms with Crippen LogP contribution in [0.2, 0.25) is 0 Å². The zero-order chi connectivity index (χ0) is 13.9. The fourth-order valence-corrected chi connectivity index (χ4v) is 4.38. The molecular formula is C14H21NO3S. The van der Waals surface area contributed by atoms with E-state index >= 15 is 0 Å². The van der Waals surface area contributed by atoms with E-state index in [1.165, 1.54) is 0 Å². The maximum absolute atomic E-state index is 12.2. The molecule has 0 spiro atoms. The van der Waals surface area contributed by atoms with Crippen molar-refractivity contribution in [3.05, 3.63) is 29.8 Å². The molecule has 1 aromatic rings. The molecule has 19 heavy (non-hydrogen) atoms. The minimum absolute atomic E-state index is 0.0116. The Kier molecular flexibility index (Phi) is 4.47. The number of rotatable bonds is 5. The number of hydrogen-bond donors (Lipinski definition) is 0. The standard InChI is InChI=1S/C14H21NO3S/c1-3-11-19(16,17)15-10-4-5-14(15)12-6-8-13(18-2)9-7-12/h6-9,14H,3-5,10-11H2,1-2H3. The van der Waals surface area contributed by atoms with E-state index < -0.39 is 10.0 Å². The van der Waals surface area contributed by atoms with Crippen LogP contribution in [0, 0.1) is 0 Å². The summed E-state index contributed by atoms with van der Waals surface area (Å²) >= 11 is 0. The number of hydrogen-bond acceptors (Lipinski definition) is 3. The van der Waals surface area contributed by atoms with Gasteiger partial charge in [0.05, 0.1) is 12.9 Å². The first-order valence-corrected chi connectivity index (χ1v) is 8.33. The molecule has 0 aromatic heterocycles. The van der Waals surface area contributed by atoms with Gasteiger partial charge in [-0.05, 0) is 37.0 Å². The molecule has 1 aliphatic heterocycles. The van der Waals surface area contributed by atoms with Crippen molar-refractivity contribution in [3.63, 3.8) is 0 Å². The second-order valence-corrected chi connectivity index (χ2v) is 6.90. The molecule has 1 unspecified atom stereocenters. The Morgan fingerprint density at radius 3 is 2.58 bits per heavy atom. The van der Waals surface area contributed by atoms with Crippen LogP contribution in [0.25, 0.3) is 0 Å². The zero-order valence-corrected chi connectivity index (χ0v) is 12.3. The van der Waals surface area contributed by atoms with Gasteiger partial charge in [-0.25, -0.2) is 8.42 Å². The first kappa shape index (κ1) is 14.3. The highest BCUT2D eigenvalue weighted by Gasteiger charge is 2.34. The minimum Gasteiger partial charge on any atom is -0.497 e. The zero-order valence-electron chi connectivity index (χ0n) is 11.5. The summed E-state index contributed by atoms with van der Waals surface area (Å²) in [5, 5.41) is 0. The molecule has 4 nitrogen and oxygen atoms in total. The Morgan fingerprint density at radius 1 is 1.32 bits per heavy atom. The Balaban J connectivity index is 2.22. The summed E-state index contributed by atoms with van der Waals surface area (Å²) in [5.41, 5.74) is 1.05. The van der Waals surface area contributed by atoms with Gasteiger partial charge in [0.15, 0.2) is 0 Å². The molecule has 1 fully saturated rings. The lowest BCUT2D eigenvalue weighted by Crippen LogP contribution is -2.32. The Bertz CT molecular complexity index is 510. The molecular weight excluding hydrogens is 262 g/mol. The Hall–Kier alpha value is -1.07. The molecule has 5 heteroatoms. The summed E-state index contributed by atoms with van der Waals surface area (Å²) < 4.78 is 31.3. The third kappa shape index (κ3) is 3.09. The highest BCUT2D eigenvalue weighted by molar-refractivity contribution is 7.89. The molecule has 1 aromatic carbocycles. The quantitative estimate of drug-likeness (QED) is 0.834. The molecule has 2 rings (SSSR count). The van der Waals surface area contributed by atoms with Gasteiger partial charge in [-0.1, -0.05) is 19.1 Å². The number of nitrogens with zero attached hydrogens (tertiary/aromatic N) is 1. The van der Waals surface area contributed by atoms with Crippen molar-refractivity contribution >= 4 is 10.0 Å². The van der Waals surface area contributed by atoms with Crippen LogP contribution < -0.4 is 4.74 Å². The van der Waals surface area contributed by atoms with Crippen LogP contribution in [-0.4, -0.2) is 32.1 Å². The van der Waals surface area contributed by atoms with Crippen molar-refractivity contribution in [1.29, 1.82) is 0 Å². The Morgan fingerprint density at radius 2 is 2.00 bits per heavy atom. The topological polar surface area (TPSA) is 46.6 Å². The second-order valence-electron chi connectivity index (χ2n) is 4.86. The molecule has 0 N–H and O–H groups in total. The maximum atomic E-state index is 12.2. The van der Waals surface area contributed by atoms with Crippen molar-refractivity contribution in [2.45, 2.75) is 32.2 Å². The van der Waals surface area contributed by atoms with Crippen LogP contribution in [-0.2, 0) is 10.0 Å². The highest BCUT2D eigenvalue weighted by Crippen LogP contribution is 2.35. The van der Waals surface area contributed by atoms with E-state index in [2.05, 4.69) is 0 Å². The van der Waals surface area contributed by atoms with E-state index in [4.69, 9.17) is 4.74 Å². The molecule has 1 heterocycles. The van der Waals surface area contributed by atoms with Gasteiger partial charge in [0.1, 0.15) is 5.75 Å². The maximum Gasteiger partial charge on any atom is 0.214 e. The van der Waals surface area contributed by atoms with Crippen LogP contribution in [0.4, 0.5) is 0 Å². The number of benzene rings is 1. The van der Waals surface area contributed by atoms with Gasteiger partial charge < -0.3 is 4.74 Å². The lowest BCUT2D eigenvalue weighted by Gasteiger charge is -2.24. The summed E-state index contributed by atoms with van der Waals surface area (Å²) in [6.07, 6.45) is 2.49. The van der Waals surface area contributed by atoms with Gasteiger partial charge in [-0.15, -0.1) is 0 Å². The SMILES string of the molecule is CCCS(=O)(=O)N1CCCC1c1ccc(OC)cc1. The summed E-state index contributed by atoms with van der Waals surface area (Å²) in [4.78, 5) is 0. The van der Waals surface area contributed by atoms with E-state index in [1.54, 1.807) is 11.4 Å². The molecule has 0 radical (unpaired) electrons. The first-order valence-electron chi connectivity index (χ1n) is 6.72. The largest absolute Gasteiger partial charge is 0.497 e. The van der Waals surface area contributed by atoms with Gasteiger partial charge in [0.25, 0.3) is 0 Å². The predicted octanol–water partition coefficient (Wildman–Crippen LogP) is 2.57. The monoisotopic (exact) mass is 283 g/mol. The molecule has 0 bridgehead atoms. The third-order valence-electron chi connectivity index (χ3n) is 3.52. The fraction of sp³-hybridized carbons (Fsp3) is 0.571. The summed E-state index contributed by atoms with van der Waals surface area (Å²) in [6.45, 7) is 2.54. The summed E-state index contributed by atoms with van der Waals surface area (Å²) in [5.74, 6) is 1.03. The van der Waals surface area contributed by atoms with E-state index in [9.17, 15) is 8.42 Å². The van der Waals surface area contributed by atoms with Crippen LogP contribution in [0.5, 0.6) is 5.75 Å². The van der Waals surface area contributed by atoms with Gasteiger partial charge >= 0.3 is 0 Å². The minimum atomic E-state index is -3.12. The van der Waals surface area contributed by atoms with Gasteiger partial charge in [-0.2, -0.15) is 4.31 Å². The lowest BCUT2D eigenvalue weighted by molar-refractivity contribution is 0.394. The molecule has 1 saturated heterocycles. The van der Waals surface area contributed by atoms with Crippen molar-refractivity contribution in [2.24, 2.45) is 0 Å². The van der Waals surface area contributed by atoms with Crippen molar-refractivity contribution < 1.29 is 13.2 Å². The first-order chi connectivity index (χ1) is 9.08. The average molecular weight is 283 g/mol. The van der Waals surface area contributed by atoms with E-state index in [-0.39, 0.29) is 11.8 Å². The molecule has 0 aliphatic carbocycles. The molecule has 1 aliphatic rings. The predicted molar refractivity (Wildman–Crippen MR) is 75.8 cm³/mol. The van der Waals surface area contributed by atoms with E-state index in [0.717, 1.165) is 24.2 Å². The molecule has 1 atom stereocenters. The van der Waals surface area contributed by atoms with Crippen molar-refractivity contribution in [1.82, 2.24) is 4.31 Å². The Labute approximate surface area is 115 Å². The van der Waals surface area contributed by atoms with Gasteiger partial charge in [-0.3, -0.25) is 0 Å².